The van der Waals surface area contributed by atoms with Crippen LogP contribution in [-0.2, 0) is 25.3 Å². The van der Waals surface area contributed by atoms with Crippen molar-refractivity contribution in [3.05, 3.63) is 35.9 Å². The third-order valence-corrected chi connectivity index (χ3v) is 6.26. The van der Waals surface area contributed by atoms with Crippen molar-refractivity contribution in [1.82, 2.24) is 9.62 Å². The lowest BCUT2D eigenvalue weighted by Crippen LogP contribution is -2.47. The van der Waals surface area contributed by atoms with Crippen molar-refractivity contribution in [3.8, 4) is 0 Å². The standard InChI is InChI=1S/C17H27N3O4S.ClH/c1-24-16(12-18)11-17(21)19-15-7-9-20(10-8-15)25(22,23)13-14-5-3-2-4-6-14;/h2-6,15-16H,7-13,18H2,1H3,(H,19,21);1H. The maximum absolute atomic E-state index is 12.5. The Morgan fingerprint density at radius 3 is 2.46 bits per heavy atom. The lowest BCUT2D eigenvalue weighted by Gasteiger charge is -2.32. The van der Waals surface area contributed by atoms with E-state index < -0.39 is 10.0 Å². The molecule has 0 bridgehead atoms. The van der Waals surface area contributed by atoms with Crippen molar-refractivity contribution in [2.24, 2.45) is 5.73 Å². The van der Waals surface area contributed by atoms with Gasteiger partial charge in [-0.3, -0.25) is 4.79 Å². The largest absolute Gasteiger partial charge is 0.380 e. The number of nitrogens with zero attached hydrogens (tertiary/aromatic N) is 1. The molecule has 26 heavy (non-hydrogen) atoms. The zero-order valence-corrected chi connectivity index (χ0v) is 16.6. The van der Waals surface area contributed by atoms with Gasteiger partial charge in [0.2, 0.25) is 15.9 Å². The van der Waals surface area contributed by atoms with Gasteiger partial charge in [0, 0.05) is 32.8 Å². The smallest absolute Gasteiger partial charge is 0.222 e. The molecule has 1 amide bonds. The van der Waals surface area contributed by atoms with E-state index in [1.807, 2.05) is 30.3 Å². The second-order valence-electron chi connectivity index (χ2n) is 6.28. The Morgan fingerprint density at radius 2 is 1.92 bits per heavy atom. The first kappa shape index (κ1) is 22.9. The van der Waals surface area contributed by atoms with Crippen LogP contribution in [0, 0.1) is 0 Å². The van der Waals surface area contributed by atoms with Crippen molar-refractivity contribution in [2.45, 2.75) is 37.2 Å². The third-order valence-electron chi connectivity index (χ3n) is 4.41. The van der Waals surface area contributed by atoms with Gasteiger partial charge in [0.15, 0.2) is 0 Å². The molecular weight excluding hydrogens is 378 g/mol. The van der Waals surface area contributed by atoms with E-state index in [4.69, 9.17) is 10.5 Å². The van der Waals surface area contributed by atoms with Gasteiger partial charge < -0.3 is 15.8 Å². The summed E-state index contributed by atoms with van der Waals surface area (Å²) in [5.74, 6) is -0.0976. The lowest BCUT2D eigenvalue weighted by molar-refractivity contribution is -0.124. The summed E-state index contributed by atoms with van der Waals surface area (Å²) in [6, 6.07) is 9.15. The maximum atomic E-state index is 12.5. The van der Waals surface area contributed by atoms with Gasteiger partial charge in [-0.1, -0.05) is 30.3 Å². The molecule has 1 aliphatic heterocycles. The van der Waals surface area contributed by atoms with Crippen LogP contribution < -0.4 is 11.1 Å². The molecule has 1 heterocycles. The molecule has 0 aliphatic carbocycles. The van der Waals surface area contributed by atoms with Gasteiger partial charge in [0.1, 0.15) is 0 Å². The van der Waals surface area contributed by atoms with Crippen LogP contribution in [0.2, 0.25) is 0 Å². The molecule has 0 saturated carbocycles. The molecule has 1 saturated heterocycles. The number of hydrogen-bond acceptors (Lipinski definition) is 5. The molecule has 1 atom stereocenters. The Balaban J connectivity index is 0.00000338. The average Bonchev–Trinajstić information content (AvgIpc) is 2.60. The summed E-state index contributed by atoms with van der Waals surface area (Å²) in [7, 11) is -1.80. The molecule has 1 aromatic rings. The first-order valence-electron chi connectivity index (χ1n) is 8.48. The Kier molecular flexibility index (Phi) is 9.52. The van der Waals surface area contributed by atoms with Crippen molar-refractivity contribution < 1.29 is 17.9 Å². The molecule has 3 N–H and O–H groups in total. The van der Waals surface area contributed by atoms with Crippen molar-refractivity contribution in [2.75, 3.05) is 26.7 Å². The summed E-state index contributed by atoms with van der Waals surface area (Å²) in [6.07, 6.45) is 1.16. The monoisotopic (exact) mass is 405 g/mol. The molecule has 1 aromatic carbocycles. The predicted octanol–water partition coefficient (Wildman–Crippen LogP) is 0.883. The highest BCUT2D eigenvalue weighted by Crippen LogP contribution is 2.18. The van der Waals surface area contributed by atoms with Gasteiger partial charge in [-0.15, -0.1) is 12.4 Å². The molecule has 1 aliphatic rings. The Labute approximate surface area is 161 Å². The first-order chi connectivity index (χ1) is 11.9. The molecule has 2 rings (SSSR count). The van der Waals surface area contributed by atoms with Gasteiger partial charge >= 0.3 is 0 Å². The normalized spacial score (nSPS) is 17.3. The van der Waals surface area contributed by atoms with E-state index in [-0.39, 0.29) is 42.6 Å². The fourth-order valence-electron chi connectivity index (χ4n) is 2.91. The Hall–Kier alpha value is -1.19. The number of nitrogens with one attached hydrogen (secondary N) is 1. The van der Waals surface area contributed by atoms with Gasteiger partial charge in [0.05, 0.1) is 18.3 Å². The van der Waals surface area contributed by atoms with Gasteiger partial charge in [-0.05, 0) is 18.4 Å². The number of benzene rings is 1. The minimum absolute atomic E-state index is 0. The van der Waals surface area contributed by atoms with Crippen molar-refractivity contribution in [1.29, 1.82) is 0 Å². The van der Waals surface area contributed by atoms with Crippen molar-refractivity contribution in [3.63, 3.8) is 0 Å². The van der Waals surface area contributed by atoms with Crippen molar-refractivity contribution >= 4 is 28.3 Å². The third kappa shape index (κ3) is 6.85. The fourth-order valence-corrected chi connectivity index (χ4v) is 4.47. The van der Waals surface area contributed by atoms with Gasteiger partial charge in [-0.25, -0.2) is 12.7 Å². The van der Waals surface area contributed by atoms with Crippen LogP contribution in [0.1, 0.15) is 24.8 Å². The van der Waals surface area contributed by atoms with Gasteiger partial charge in [0.25, 0.3) is 0 Å². The molecule has 1 unspecified atom stereocenters. The molecule has 148 valence electrons. The summed E-state index contributed by atoms with van der Waals surface area (Å²) in [5, 5.41) is 2.94. The van der Waals surface area contributed by atoms with Crippen LogP contribution in [0.4, 0.5) is 0 Å². The summed E-state index contributed by atoms with van der Waals surface area (Å²) in [5.41, 5.74) is 6.30. The molecule has 0 spiro atoms. The summed E-state index contributed by atoms with van der Waals surface area (Å²) < 4.78 is 31.6. The van der Waals surface area contributed by atoms with Crippen LogP contribution in [-0.4, -0.2) is 57.5 Å². The number of carbonyl (C=O) groups excluding carboxylic acids is 1. The minimum Gasteiger partial charge on any atom is -0.380 e. The highest BCUT2D eigenvalue weighted by Gasteiger charge is 2.29. The molecule has 7 nitrogen and oxygen atoms in total. The second-order valence-corrected chi connectivity index (χ2v) is 8.25. The highest BCUT2D eigenvalue weighted by molar-refractivity contribution is 7.88. The quantitative estimate of drug-likeness (QED) is 0.668. The fraction of sp³-hybridized carbons (Fsp3) is 0.588. The average molecular weight is 406 g/mol. The number of piperidine rings is 1. The van der Waals surface area contributed by atoms with Crippen LogP contribution in [0.15, 0.2) is 30.3 Å². The number of nitrogens with two attached hydrogens (primary N) is 1. The van der Waals surface area contributed by atoms with Crippen LogP contribution in [0.5, 0.6) is 0 Å². The van der Waals surface area contributed by atoms with E-state index in [1.165, 1.54) is 11.4 Å². The number of sulfonamides is 1. The summed E-state index contributed by atoms with van der Waals surface area (Å²) in [6.45, 7) is 1.13. The van der Waals surface area contributed by atoms with Crippen LogP contribution >= 0.6 is 12.4 Å². The zero-order valence-electron chi connectivity index (χ0n) is 15.0. The molecule has 9 heteroatoms. The van der Waals surface area contributed by atoms with Crippen LogP contribution in [0.25, 0.3) is 0 Å². The Bertz CT molecular complexity index is 645. The van der Waals surface area contributed by atoms with E-state index in [9.17, 15) is 13.2 Å². The molecule has 0 aromatic heterocycles. The topological polar surface area (TPSA) is 102 Å². The lowest BCUT2D eigenvalue weighted by atomic mass is 10.1. The van der Waals surface area contributed by atoms with E-state index in [0.29, 0.717) is 32.5 Å². The number of methoxy groups -OCH3 is 1. The first-order valence-corrected chi connectivity index (χ1v) is 10.1. The summed E-state index contributed by atoms with van der Waals surface area (Å²) >= 11 is 0. The number of ether oxygens (including phenoxy) is 1. The van der Waals surface area contributed by atoms with Gasteiger partial charge in [-0.2, -0.15) is 0 Å². The summed E-state index contributed by atoms with van der Waals surface area (Å²) in [4.78, 5) is 12.0. The Morgan fingerprint density at radius 1 is 1.31 bits per heavy atom. The van der Waals surface area contributed by atoms with E-state index in [1.54, 1.807) is 0 Å². The number of hydrogen-bond donors (Lipinski definition) is 2. The van der Waals surface area contributed by atoms with E-state index in [0.717, 1.165) is 5.56 Å². The zero-order chi connectivity index (χ0) is 18.3. The second kappa shape index (κ2) is 10.8. The SMILES string of the molecule is COC(CN)CC(=O)NC1CCN(S(=O)(=O)Cc2ccccc2)CC1.Cl. The number of amides is 1. The van der Waals surface area contributed by atoms with E-state index >= 15 is 0 Å². The number of halogens is 1. The number of rotatable bonds is 8. The number of carbonyl (C=O) groups is 1. The minimum atomic E-state index is -3.33. The van der Waals surface area contributed by atoms with E-state index in [2.05, 4.69) is 5.32 Å². The highest BCUT2D eigenvalue weighted by atomic mass is 35.5. The van der Waals surface area contributed by atoms with Crippen LogP contribution in [0.3, 0.4) is 0 Å². The molecular formula is C17H28ClN3O4S. The maximum Gasteiger partial charge on any atom is 0.222 e. The predicted molar refractivity (Wildman–Crippen MR) is 104 cm³/mol. The molecule has 1 fully saturated rings. The molecule has 0 radical (unpaired) electrons.